The molecule has 3 rings (SSSR count). The molecule has 0 heterocycles. The Balaban J connectivity index is 1.62. The van der Waals surface area contributed by atoms with Crippen molar-refractivity contribution in [2.45, 2.75) is 6.42 Å². The molecule has 3 aromatic carbocycles. The zero-order valence-corrected chi connectivity index (χ0v) is 19.3. The summed E-state index contributed by atoms with van der Waals surface area (Å²) in [5.74, 6) is -0.00276. The van der Waals surface area contributed by atoms with Gasteiger partial charge in [0.25, 0.3) is 11.8 Å². The van der Waals surface area contributed by atoms with Crippen molar-refractivity contribution in [2.24, 2.45) is 0 Å². The number of para-hydroxylation sites is 1. The number of carbonyl (C=O) groups excluding carboxylic acids is 2. The lowest BCUT2D eigenvalue weighted by atomic mass is 10.1. The number of amides is 2. The molecule has 0 spiro atoms. The number of benzene rings is 3. The van der Waals surface area contributed by atoms with E-state index in [2.05, 4.69) is 21.2 Å². The number of nitrogens with zero attached hydrogens (tertiary/aromatic N) is 1. The summed E-state index contributed by atoms with van der Waals surface area (Å²) in [5.41, 5.74) is 2.09. The maximum atomic E-state index is 12.7. The Bertz CT molecular complexity index is 1060. The normalized spacial score (nSPS) is 10.4. The third kappa shape index (κ3) is 6.32. The van der Waals surface area contributed by atoms with Crippen LogP contribution in [0.3, 0.4) is 0 Å². The standard InChI is InChI=1S/C24H22BrClN2O3/c1-28(23(29)16-31-22-12-11-18(26)15-20(22)25)21-10-6-5-9-19(21)24(30)27-14-13-17-7-3-2-4-8-17/h2-12,15H,13-14,16H2,1H3,(H,27,30). The minimum absolute atomic E-state index is 0.180. The van der Waals surface area contributed by atoms with Gasteiger partial charge in [-0.3, -0.25) is 9.59 Å². The second-order valence-electron chi connectivity index (χ2n) is 6.82. The maximum Gasteiger partial charge on any atom is 0.264 e. The first-order valence-electron chi connectivity index (χ1n) is 9.71. The Morgan fingerprint density at radius 3 is 2.48 bits per heavy atom. The highest BCUT2D eigenvalue weighted by Gasteiger charge is 2.19. The van der Waals surface area contributed by atoms with Gasteiger partial charge in [0, 0.05) is 18.6 Å². The van der Waals surface area contributed by atoms with E-state index in [-0.39, 0.29) is 18.4 Å². The highest BCUT2D eigenvalue weighted by Crippen LogP contribution is 2.28. The smallest absolute Gasteiger partial charge is 0.264 e. The van der Waals surface area contributed by atoms with E-state index in [1.807, 2.05) is 30.3 Å². The molecule has 0 radical (unpaired) electrons. The van der Waals surface area contributed by atoms with Gasteiger partial charge in [-0.1, -0.05) is 54.1 Å². The molecule has 0 fully saturated rings. The first-order chi connectivity index (χ1) is 15.0. The van der Waals surface area contributed by atoms with Crippen LogP contribution in [0.1, 0.15) is 15.9 Å². The average molecular weight is 502 g/mol. The van der Waals surface area contributed by atoms with Crippen molar-refractivity contribution >= 4 is 45.0 Å². The summed E-state index contributed by atoms with van der Waals surface area (Å²) in [6, 6.07) is 22.0. The number of hydrogen-bond acceptors (Lipinski definition) is 3. The monoisotopic (exact) mass is 500 g/mol. The molecule has 0 bridgehead atoms. The van der Waals surface area contributed by atoms with Crippen molar-refractivity contribution in [1.82, 2.24) is 5.32 Å². The molecule has 0 aliphatic rings. The van der Waals surface area contributed by atoms with E-state index in [1.165, 1.54) is 4.90 Å². The molecule has 7 heteroatoms. The quantitative estimate of drug-likeness (QED) is 0.466. The summed E-state index contributed by atoms with van der Waals surface area (Å²) in [6.45, 7) is 0.323. The zero-order chi connectivity index (χ0) is 22.2. The fraction of sp³-hybridized carbons (Fsp3) is 0.167. The molecule has 160 valence electrons. The second-order valence-corrected chi connectivity index (χ2v) is 8.12. The largest absolute Gasteiger partial charge is 0.483 e. The van der Waals surface area contributed by atoms with E-state index in [0.717, 1.165) is 12.0 Å². The van der Waals surface area contributed by atoms with Crippen molar-refractivity contribution in [3.63, 3.8) is 0 Å². The van der Waals surface area contributed by atoms with Gasteiger partial charge < -0.3 is 15.0 Å². The minimum atomic E-state index is -0.286. The summed E-state index contributed by atoms with van der Waals surface area (Å²) in [6.07, 6.45) is 0.729. The first-order valence-corrected chi connectivity index (χ1v) is 10.9. The van der Waals surface area contributed by atoms with Crippen molar-refractivity contribution in [2.75, 3.05) is 25.1 Å². The first kappa shape index (κ1) is 22.8. The van der Waals surface area contributed by atoms with Gasteiger partial charge in [0.15, 0.2) is 6.61 Å². The van der Waals surface area contributed by atoms with Gasteiger partial charge in [0.2, 0.25) is 0 Å². The molecule has 2 amide bonds. The van der Waals surface area contributed by atoms with Gasteiger partial charge >= 0.3 is 0 Å². The Morgan fingerprint density at radius 1 is 1.03 bits per heavy atom. The molecule has 0 atom stereocenters. The van der Waals surface area contributed by atoms with Crippen LogP contribution in [0.4, 0.5) is 5.69 Å². The molecule has 31 heavy (non-hydrogen) atoms. The molecule has 3 aromatic rings. The minimum Gasteiger partial charge on any atom is -0.483 e. The lowest BCUT2D eigenvalue weighted by Gasteiger charge is -2.21. The van der Waals surface area contributed by atoms with E-state index in [9.17, 15) is 9.59 Å². The molecule has 0 unspecified atom stereocenters. The number of hydrogen-bond donors (Lipinski definition) is 1. The number of likely N-dealkylation sites (N-methyl/N-ethyl adjacent to an activating group) is 1. The van der Waals surface area contributed by atoms with Crippen LogP contribution in [0.15, 0.2) is 77.3 Å². The summed E-state index contributed by atoms with van der Waals surface area (Å²) in [7, 11) is 1.62. The van der Waals surface area contributed by atoms with E-state index in [0.29, 0.717) is 33.0 Å². The van der Waals surface area contributed by atoms with E-state index in [4.69, 9.17) is 16.3 Å². The van der Waals surface area contributed by atoms with Crippen molar-refractivity contribution in [3.05, 3.63) is 93.4 Å². The van der Waals surface area contributed by atoms with E-state index in [1.54, 1.807) is 49.5 Å². The predicted molar refractivity (Wildman–Crippen MR) is 127 cm³/mol. The fourth-order valence-corrected chi connectivity index (χ4v) is 3.78. The van der Waals surface area contributed by atoms with Crippen molar-refractivity contribution in [1.29, 1.82) is 0 Å². The van der Waals surface area contributed by atoms with Gasteiger partial charge in [0.1, 0.15) is 5.75 Å². The molecule has 5 nitrogen and oxygen atoms in total. The molecular weight excluding hydrogens is 480 g/mol. The highest BCUT2D eigenvalue weighted by atomic mass is 79.9. The lowest BCUT2D eigenvalue weighted by molar-refractivity contribution is -0.120. The summed E-state index contributed by atoms with van der Waals surface area (Å²) >= 11 is 9.29. The highest BCUT2D eigenvalue weighted by molar-refractivity contribution is 9.10. The number of ether oxygens (including phenoxy) is 1. The number of halogens is 2. The van der Waals surface area contributed by atoms with Crippen LogP contribution in [0.25, 0.3) is 0 Å². The van der Waals surface area contributed by atoms with Crippen LogP contribution < -0.4 is 15.0 Å². The van der Waals surface area contributed by atoms with Crippen LogP contribution >= 0.6 is 27.5 Å². The van der Waals surface area contributed by atoms with Crippen molar-refractivity contribution < 1.29 is 14.3 Å². The Hall–Kier alpha value is -2.83. The van der Waals surface area contributed by atoms with E-state index >= 15 is 0 Å². The summed E-state index contributed by atoms with van der Waals surface area (Å²) in [5, 5.41) is 3.49. The second kappa shape index (κ2) is 11.0. The number of nitrogens with one attached hydrogen (secondary N) is 1. The van der Waals surface area contributed by atoms with Crippen LogP contribution in [0.2, 0.25) is 5.02 Å². The number of carbonyl (C=O) groups is 2. The summed E-state index contributed by atoms with van der Waals surface area (Å²) < 4.78 is 6.27. The van der Waals surface area contributed by atoms with E-state index < -0.39 is 0 Å². The van der Waals surface area contributed by atoms with Gasteiger partial charge in [-0.2, -0.15) is 0 Å². The average Bonchev–Trinajstić information content (AvgIpc) is 2.78. The maximum absolute atomic E-state index is 12.7. The Morgan fingerprint density at radius 2 is 1.74 bits per heavy atom. The van der Waals surface area contributed by atoms with Crippen LogP contribution in [0.5, 0.6) is 5.75 Å². The zero-order valence-electron chi connectivity index (χ0n) is 17.0. The number of anilines is 1. The third-order valence-electron chi connectivity index (χ3n) is 4.67. The van der Waals surface area contributed by atoms with Crippen molar-refractivity contribution in [3.8, 4) is 5.75 Å². The molecular formula is C24H22BrClN2O3. The Labute approximate surface area is 195 Å². The van der Waals surface area contributed by atoms with Crippen LogP contribution in [-0.4, -0.2) is 32.0 Å². The van der Waals surface area contributed by atoms with Gasteiger partial charge in [-0.05, 0) is 58.2 Å². The fourth-order valence-electron chi connectivity index (χ4n) is 2.98. The van der Waals surface area contributed by atoms with Gasteiger partial charge in [0.05, 0.1) is 15.7 Å². The lowest BCUT2D eigenvalue weighted by Crippen LogP contribution is -2.34. The van der Waals surface area contributed by atoms with Gasteiger partial charge in [-0.15, -0.1) is 0 Å². The van der Waals surface area contributed by atoms with Crippen LogP contribution in [-0.2, 0) is 11.2 Å². The molecule has 0 aromatic heterocycles. The molecule has 0 saturated heterocycles. The predicted octanol–water partition coefficient (Wildman–Crippen LogP) is 5.12. The molecule has 0 saturated carbocycles. The number of rotatable bonds is 8. The molecule has 0 aliphatic carbocycles. The summed E-state index contributed by atoms with van der Waals surface area (Å²) in [4.78, 5) is 26.9. The molecule has 1 N–H and O–H groups in total. The molecule has 0 aliphatic heterocycles. The van der Waals surface area contributed by atoms with Gasteiger partial charge in [-0.25, -0.2) is 0 Å². The Kier molecular flexibility index (Phi) is 8.09. The third-order valence-corrected chi connectivity index (χ3v) is 5.53. The topological polar surface area (TPSA) is 58.6 Å². The van der Waals surface area contributed by atoms with Crippen LogP contribution in [0, 0.1) is 0 Å². The SMILES string of the molecule is CN(C(=O)COc1ccc(Cl)cc1Br)c1ccccc1C(=O)NCCc1ccccc1.